The van der Waals surface area contributed by atoms with E-state index in [1.54, 1.807) is 11.0 Å². The largest absolute Gasteiger partial charge is 0.481 e. The van der Waals surface area contributed by atoms with E-state index in [0.29, 0.717) is 29.2 Å². The maximum atomic E-state index is 15.8. The van der Waals surface area contributed by atoms with Crippen molar-refractivity contribution in [2.45, 2.75) is 25.9 Å². The van der Waals surface area contributed by atoms with Gasteiger partial charge in [-0.25, -0.2) is 9.37 Å². The maximum absolute atomic E-state index is 15.8. The second-order valence-electron chi connectivity index (χ2n) is 7.12. The normalized spacial score (nSPS) is 18.8. The molecule has 0 bridgehead atoms. The fourth-order valence-corrected chi connectivity index (χ4v) is 4.00. The Balaban J connectivity index is 2.18. The predicted octanol–water partition coefficient (Wildman–Crippen LogP) is 2.79. The monoisotopic (exact) mass is 434 g/mol. The lowest BCUT2D eigenvalue weighted by atomic mass is 9.92. The quantitative estimate of drug-likeness (QED) is 0.773. The number of nitrogens with one attached hydrogen (secondary N) is 2. The van der Waals surface area contributed by atoms with Crippen LogP contribution in [-0.4, -0.2) is 55.0 Å². The number of benzene rings is 1. The maximum Gasteiger partial charge on any atom is 0.269 e. The molecule has 0 aliphatic carbocycles. The van der Waals surface area contributed by atoms with Crippen LogP contribution in [0, 0.1) is 5.82 Å². The van der Waals surface area contributed by atoms with Crippen LogP contribution in [0.25, 0.3) is 11.1 Å². The number of halogens is 2. The van der Waals surface area contributed by atoms with Crippen LogP contribution in [0.15, 0.2) is 24.3 Å². The number of carbonyl (C=O) groups excluding carboxylic acids is 2. The van der Waals surface area contributed by atoms with Gasteiger partial charge in [0.2, 0.25) is 11.8 Å². The van der Waals surface area contributed by atoms with Crippen LogP contribution in [0.4, 0.5) is 4.39 Å². The van der Waals surface area contributed by atoms with Crippen molar-refractivity contribution in [3.63, 3.8) is 0 Å². The molecule has 160 valence electrons. The fraction of sp³-hybridized carbons (Fsp3) is 0.381. The third-order valence-corrected chi connectivity index (χ3v) is 5.42. The third kappa shape index (κ3) is 4.24. The molecule has 0 saturated carbocycles. The molecule has 1 saturated heterocycles. The smallest absolute Gasteiger partial charge is 0.269 e. The van der Waals surface area contributed by atoms with Crippen LogP contribution >= 0.6 is 11.6 Å². The van der Waals surface area contributed by atoms with Crippen molar-refractivity contribution in [2.75, 3.05) is 27.2 Å². The third-order valence-electron chi connectivity index (χ3n) is 5.20. The van der Waals surface area contributed by atoms with Gasteiger partial charge in [0.25, 0.3) is 5.91 Å². The molecular formula is C21H24ClFN4O3. The number of methoxy groups -OCH3 is 1. The van der Waals surface area contributed by atoms with Gasteiger partial charge in [0, 0.05) is 55.3 Å². The van der Waals surface area contributed by atoms with Crippen molar-refractivity contribution in [2.24, 2.45) is 0 Å². The molecule has 1 aromatic carbocycles. The van der Waals surface area contributed by atoms with E-state index in [0.717, 1.165) is 0 Å². The number of amides is 2. The summed E-state index contributed by atoms with van der Waals surface area (Å²) in [6, 6.07) is 5.36. The minimum atomic E-state index is -0.518. The molecule has 0 spiro atoms. The van der Waals surface area contributed by atoms with Crippen molar-refractivity contribution >= 4 is 23.4 Å². The summed E-state index contributed by atoms with van der Waals surface area (Å²) in [6.07, 6.45) is 0. The lowest BCUT2D eigenvalue weighted by Gasteiger charge is -2.40. The molecule has 0 unspecified atom stereocenters. The summed E-state index contributed by atoms with van der Waals surface area (Å²) in [5.74, 6) is -0.903. The molecule has 2 amide bonds. The van der Waals surface area contributed by atoms with Gasteiger partial charge in [-0.1, -0.05) is 11.6 Å². The van der Waals surface area contributed by atoms with E-state index in [1.165, 1.54) is 39.3 Å². The highest BCUT2D eigenvalue weighted by atomic mass is 35.5. The molecular weight excluding hydrogens is 411 g/mol. The molecule has 1 aliphatic rings. The Hall–Kier alpha value is -2.71. The SMILES string of the molecule is CNC(=O)c1cc(-c2cc(Cl)cc([C@H]3[C@H](C)NCCN3C(C)=O)c2F)cc(OC)n1. The zero-order valence-electron chi connectivity index (χ0n) is 17.3. The number of hydrogen-bond donors (Lipinski definition) is 2. The number of ether oxygens (including phenoxy) is 1. The Bertz CT molecular complexity index is 985. The van der Waals surface area contributed by atoms with Crippen LogP contribution in [0.3, 0.4) is 0 Å². The first-order valence-corrected chi connectivity index (χ1v) is 9.92. The molecule has 2 aromatic rings. The average Bonchev–Trinajstić information content (AvgIpc) is 2.74. The fourth-order valence-electron chi connectivity index (χ4n) is 3.77. The highest BCUT2D eigenvalue weighted by Gasteiger charge is 2.34. The topological polar surface area (TPSA) is 83.6 Å². The Morgan fingerprint density at radius 2 is 2.07 bits per heavy atom. The first-order valence-electron chi connectivity index (χ1n) is 9.54. The second kappa shape index (κ2) is 8.97. The lowest BCUT2D eigenvalue weighted by molar-refractivity contribution is -0.133. The highest BCUT2D eigenvalue weighted by Crippen LogP contribution is 2.37. The molecule has 3 rings (SSSR count). The van der Waals surface area contributed by atoms with Gasteiger partial charge in [-0.05, 0) is 30.7 Å². The van der Waals surface area contributed by atoms with E-state index in [4.69, 9.17) is 16.3 Å². The van der Waals surface area contributed by atoms with E-state index in [1.807, 2.05) is 6.92 Å². The summed E-state index contributed by atoms with van der Waals surface area (Å²) in [4.78, 5) is 30.0. The summed E-state index contributed by atoms with van der Waals surface area (Å²) in [6.45, 7) is 4.47. The predicted molar refractivity (Wildman–Crippen MR) is 112 cm³/mol. The number of carbonyl (C=O) groups is 2. The van der Waals surface area contributed by atoms with Gasteiger partial charge in [0.15, 0.2) is 0 Å². The van der Waals surface area contributed by atoms with E-state index in [2.05, 4.69) is 15.6 Å². The first kappa shape index (κ1) is 22.0. The molecule has 0 radical (unpaired) electrons. The average molecular weight is 435 g/mol. The zero-order valence-corrected chi connectivity index (χ0v) is 18.0. The number of pyridine rings is 1. The summed E-state index contributed by atoms with van der Waals surface area (Å²) >= 11 is 6.35. The van der Waals surface area contributed by atoms with Crippen molar-refractivity contribution in [3.8, 4) is 17.0 Å². The Labute approximate surface area is 179 Å². The molecule has 2 heterocycles. The minimum absolute atomic E-state index is 0.0887. The summed E-state index contributed by atoms with van der Waals surface area (Å²) in [7, 11) is 2.90. The molecule has 2 atom stereocenters. The first-order chi connectivity index (χ1) is 14.3. The standard InChI is InChI=1S/C21H24ClFN4O3/c1-11-20(27(12(2)28)6-5-25-11)16-10-14(22)9-15(19(16)23)13-7-17(21(29)24-3)26-18(8-13)30-4/h7-11,20,25H,5-6H2,1-4H3,(H,24,29)/t11-,20+/m0/s1. The Kier molecular flexibility index (Phi) is 6.58. The molecule has 7 nitrogen and oxygen atoms in total. The van der Waals surface area contributed by atoms with Gasteiger partial charge in [0.05, 0.1) is 13.2 Å². The molecule has 1 aromatic heterocycles. The van der Waals surface area contributed by atoms with E-state index < -0.39 is 17.8 Å². The summed E-state index contributed by atoms with van der Waals surface area (Å²) in [5.41, 5.74) is 0.993. The molecule has 2 N–H and O–H groups in total. The molecule has 30 heavy (non-hydrogen) atoms. The van der Waals surface area contributed by atoms with Gasteiger partial charge < -0.3 is 20.3 Å². The number of nitrogens with zero attached hydrogens (tertiary/aromatic N) is 2. The van der Waals surface area contributed by atoms with Gasteiger partial charge in [-0.2, -0.15) is 0 Å². The number of piperazine rings is 1. The van der Waals surface area contributed by atoms with Crippen molar-refractivity contribution in [1.82, 2.24) is 20.5 Å². The van der Waals surface area contributed by atoms with Crippen LogP contribution < -0.4 is 15.4 Å². The van der Waals surface area contributed by atoms with E-state index in [-0.39, 0.29) is 29.1 Å². The number of aromatic nitrogens is 1. The summed E-state index contributed by atoms with van der Waals surface area (Å²) in [5, 5.41) is 6.10. The van der Waals surface area contributed by atoms with Crippen molar-refractivity contribution in [1.29, 1.82) is 0 Å². The second-order valence-corrected chi connectivity index (χ2v) is 7.56. The Morgan fingerprint density at radius 1 is 1.33 bits per heavy atom. The van der Waals surface area contributed by atoms with Crippen LogP contribution in [0.1, 0.15) is 35.9 Å². The van der Waals surface area contributed by atoms with Gasteiger partial charge in [-0.15, -0.1) is 0 Å². The van der Waals surface area contributed by atoms with Gasteiger partial charge >= 0.3 is 0 Å². The van der Waals surface area contributed by atoms with Crippen molar-refractivity contribution in [3.05, 3.63) is 46.4 Å². The highest BCUT2D eigenvalue weighted by molar-refractivity contribution is 6.31. The number of hydrogen-bond acceptors (Lipinski definition) is 5. The lowest BCUT2D eigenvalue weighted by Crippen LogP contribution is -2.53. The van der Waals surface area contributed by atoms with E-state index >= 15 is 4.39 Å². The number of rotatable bonds is 4. The van der Waals surface area contributed by atoms with Crippen LogP contribution in [0.2, 0.25) is 5.02 Å². The van der Waals surface area contributed by atoms with E-state index in [9.17, 15) is 9.59 Å². The Morgan fingerprint density at radius 3 is 2.70 bits per heavy atom. The molecule has 9 heteroatoms. The summed E-state index contributed by atoms with van der Waals surface area (Å²) < 4.78 is 21.0. The molecule has 1 aliphatic heterocycles. The zero-order chi connectivity index (χ0) is 22.0. The van der Waals surface area contributed by atoms with Crippen LogP contribution in [0.5, 0.6) is 5.88 Å². The van der Waals surface area contributed by atoms with Crippen molar-refractivity contribution < 1.29 is 18.7 Å². The minimum Gasteiger partial charge on any atom is -0.481 e. The van der Waals surface area contributed by atoms with Crippen LogP contribution in [-0.2, 0) is 4.79 Å². The van der Waals surface area contributed by atoms with Gasteiger partial charge in [-0.3, -0.25) is 9.59 Å². The van der Waals surface area contributed by atoms with Gasteiger partial charge in [0.1, 0.15) is 11.5 Å². The molecule has 1 fully saturated rings.